The molecule has 15 nitrogen and oxygen atoms in total. The number of nitrogens with one attached hydrogen (secondary N) is 2. The molecule has 4 heterocycles. The zero-order chi connectivity index (χ0) is 18.8. The number of nitrogens with zero attached hydrogens (tertiary/aromatic N) is 3. The van der Waals surface area contributed by atoms with E-state index < -0.39 is 49.1 Å². The summed E-state index contributed by atoms with van der Waals surface area (Å²) in [4.78, 5) is 31.1. The average molecular weight is 392 g/mol. The summed E-state index contributed by atoms with van der Waals surface area (Å²) in [6.45, 7) is -0.364. The summed E-state index contributed by atoms with van der Waals surface area (Å²) >= 11 is 0. The number of hydrogen-bond donors (Lipinski definition) is 6. The van der Waals surface area contributed by atoms with Crippen molar-refractivity contribution in [1.82, 2.24) is 19.5 Å². The van der Waals surface area contributed by atoms with Crippen LogP contribution in [0.25, 0.3) is 11.2 Å². The van der Waals surface area contributed by atoms with Gasteiger partial charge in [0.1, 0.15) is 18.3 Å². The van der Waals surface area contributed by atoms with Crippen LogP contribution in [0.15, 0.2) is 4.79 Å². The number of anilines is 1. The van der Waals surface area contributed by atoms with E-state index in [9.17, 15) is 29.8 Å². The highest BCUT2D eigenvalue weighted by molar-refractivity contribution is 7.47. The Labute approximate surface area is 142 Å². The van der Waals surface area contributed by atoms with Gasteiger partial charge >= 0.3 is 13.8 Å². The maximum absolute atomic E-state index is 12.0. The van der Waals surface area contributed by atoms with E-state index in [1.807, 2.05) is 0 Å². The quantitative estimate of drug-likeness (QED) is 0.221. The van der Waals surface area contributed by atoms with E-state index in [-0.39, 0.29) is 23.7 Å². The first-order valence-electron chi connectivity index (χ1n) is 7.18. The molecule has 0 aromatic carbocycles. The van der Waals surface area contributed by atoms with Gasteiger partial charge in [-0.05, 0) is 0 Å². The molecule has 4 rings (SSSR count). The third-order valence-electron chi connectivity index (χ3n) is 3.98. The standard InChI is InChI=1S/C10H13N6O9P/c11-9-13-6-3(7(18)14-9)12-10(16(19)20)15(6)8-4(17)5-2(24-8)1-23-26(21,22)25-5/h2,4-5,8,16-17,19H,1H2,(H,21,22)(H3,11,13,14,18)/t2-,4-,5-,8-/m1/s1. The Morgan fingerprint density at radius 3 is 2.88 bits per heavy atom. The van der Waals surface area contributed by atoms with Gasteiger partial charge in [0.2, 0.25) is 5.95 Å². The fourth-order valence-electron chi connectivity index (χ4n) is 2.94. The topological polar surface area (TPSA) is 223 Å². The average Bonchev–Trinajstić information content (AvgIpc) is 3.05. The number of aromatic amines is 1. The van der Waals surface area contributed by atoms with E-state index >= 15 is 0 Å². The first-order chi connectivity index (χ1) is 12.2. The van der Waals surface area contributed by atoms with Gasteiger partial charge in [-0.15, -0.1) is 0 Å². The van der Waals surface area contributed by atoms with Gasteiger partial charge in [-0.2, -0.15) is 15.2 Å². The summed E-state index contributed by atoms with van der Waals surface area (Å²) in [5.74, 6) is -0.940. The van der Waals surface area contributed by atoms with Gasteiger partial charge in [0.05, 0.1) is 6.61 Å². The van der Waals surface area contributed by atoms with Crippen LogP contribution >= 0.6 is 7.82 Å². The highest BCUT2D eigenvalue weighted by Crippen LogP contribution is 2.52. The van der Waals surface area contributed by atoms with Crippen LogP contribution < -0.4 is 16.5 Å². The zero-order valence-corrected chi connectivity index (χ0v) is 13.6. The molecule has 2 fully saturated rings. The van der Waals surface area contributed by atoms with E-state index in [1.54, 1.807) is 0 Å². The molecule has 0 amide bonds. The number of fused-ring (bicyclic) bond motifs is 2. The number of aliphatic hydroxyl groups is 1. The molecule has 2 saturated heterocycles. The maximum Gasteiger partial charge on any atom is 0.472 e. The highest BCUT2D eigenvalue weighted by Gasteiger charge is 2.53. The molecule has 0 bridgehead atoms. The minimum absolute atomic E-state index is 0.237. The number of phosphoric ester groups is 1. The lowest BCUT2D eigenvalue weighted by molar-refractivity contribution is -0.996. The van der Waals surface area contributed by atoms with Gasteiger partial charge in [0, 0.05) is 0 Å². The molecule has 0 aliphatic carbocycles. The Hall–Kier alpha value is -1.94. The van der Waals surface area contributed by atoms with Gasteiger partial charge in [0.25, 0.3) is 5.56 Å². The van der Waals surface area contributed by atoms with Crippen LogP contribution in [0.5, 0.6) is 0 Å². The van der Waals surface area contributed by atoms with Crippen molar-refractivity contribution in [3.63, 3.8) is 0 Å². The second kappa shape index (κ2) is 5.78. The third-order valence-corrected chi connectivity index (χ3v) is 4.97. The van der Waals surface area contributed by atoms with Gasteiger partial charge in [-0.3, -0.25) is 18.8 Å². The number of rotatable bonds is 2. The Bertz CT molecular complexity index is 974. The molecular weight excluding hydrogens is 379 g/mol. The van der Waals surface area contributed by atoms with Gasteiger partial charge in [-0.25, -0.2) is 14.3 Å². The minimum atomic E-state index is -4.36. The number of imidazole rings is 1. The summed E-state index contributed by atoms with van der Waals surface area (Å²) in [6.07, 6.45) is -5.20. The summed E-state index contributed by atoms with van der Waals surface area (Å²) in [5, 5.41) is 29.9. The zero-order valence-electron chi connectivity index (χ0n) is 12.7. The van der Waals surface area contributed by atoms with Gasteiger partial charge < -0.3 is 25.7 Å². The van der Waals surface area contributed by atoms with Crippen molar-refractivity contribution in [2.45, 2.75) is 24.5 Å². The first kappa shape index (κ1) is 17.5. The third kappa shape index (κ3) is 2.62. The van der Waals surface area contributed by atoms with Crippen molar-refractivity contribution in [1.29, 1.82) is 0 Å². The minimum Gasteiger partial charge on any atom is -0.592 e. The molecule has 16 heteroatoms. The lowest BCUT2D eigenvalue weighted by Gasteiger charge is -2.27. The van der Waals surface area contributed by atoms with Crippen LogP contribution in [0.3, 0.4) is 0 Å². The number of H-pyrrole nitrogens is 1. The molecule has 0 spiro atoms. The van der Waals surface area contributed by atoms with Crippen LogP contribution in [0, 0.1) is 5.21 Å². The number of hydrogen-bond acceptors (Lipinski definition) is 11. The molecule has 142 valence electrons. The molecule has 2 aromatic rings. The van der Waals surface area contributed by atoms with Crippen LogP contribution in [0.1, 0.15) is 6.23 Å². The Balaban J connectivity index is 1.85. The van der Waals surface area contributed by atoms with Gasteiger partial charge in [-0.1, -0.05) is 0 Å². The number of ether oxygens (including phenoxy) is 1. The normalized spacial score (nSPS) is 35.5. The van der Waals surface area contributed by atoms with Crippen LogP contribution in [0.2, 0.25) is 0 Å². The van der Waals surface area contributed by atoms with Crippen molar-refractivity contribution in [3.05, 3.63) is 15.6 Å². The molecular formula is C10H13N6O9P. The predicted octanol–water partition coefficient (Wildman–Crippen LogP) is -3.12. The van der Waals surface area contributed by atoms with Crippen molar-refractivity contribution >= 4 is 30.9 Å². The largest absolute Gasteiger partial charge is 0.592 e. The summed E-state index contributed by atoms with van der Waals surface area (Å²) in [7, 11) is -4.36. The Morgan fingerprint density at radius 1 is 1.46 bits per heavy atom. The summed E-state index contributed by atoms with van der Waals surface area (Å²) in [5.41, 5.74) is 4.15. The first-order valence-corrected chi connectivity index (χ1v) is 8.68. The maximum atomic E-state index is 12.0. The smallest absolute Gasteiger partial charge is 0.472 e. The van der Waals surface area contributed by atoms with E-state index in [1.165, 1.54) is 0 Å². The van der Waals surface area contributed by atoms with Crippen molar-refractivity contribution < 1.29 is 38.8 Å². The number of phosphoric acid groups is 1. The summed E-state index contributed by atoms with van der Waals surface area (Å²) in [6, 6.07) is 0. The van der Waals surface area contributed by atoms with E-state index in [0.717, 1.165) is 4.57 Å². The lowest BCUT2D eigenvalue weighted by Crippen LogP contribution is -3.00. The number of aromatic nitrogens is 4. The fraction of sp³-hybridized carbons (Fsp3) is 0.500. The Morgan fingerprint density at radius 2 is 2.19 bits per heavy atom. The number of nitrogens with two attached hydrogens (primary N) is 1. The fourth-order valence-corrected chi connectivity index (χ4v) is 3.91. The monoisotopic (exact) mass is 392 g/mol. The summed E-state index contributed by atoms with van der Waals surface area (Å²) < 4.78 is 27.4. The second-order valence-corrected chi connectivity index (χ2v) is 7.03. The van der Waals surface area contributed by atoms with Crippen LogP contribution in [-0.2, 0) is 18.3 Å². The van der Waals surface area contributed by atoms with Crippen molar-refractivity contribution in [3.8, 4) is 0 Å². The van der Waals surface area contributed by atoms with Crippen molar-refractivity contribution in [2.75, 3.05) is 12.3 Å². The molecule has 7 N–H and O–H groups in total. The lowest BCUT2D eigenvalue weighted by atomic mass is 10.1. The van der Waals surface area contributed by atoms with E-state index in [2.05, 4.69) is 19.5 Å². The van der Waals surface area contributed by atoms with Crippen LogP contribution in [0.4, 0.5) is 11.9 Å². The molecule has 2 aromatic heterocycles. The number of quaternary nitrogens is 1. The van der Waals surface area contributed by atoms with E-state index in [0.29, 0.717) is 0 Å². The highest BCUT2D eigenvalue weighted by atomic mass is 31.2. The van der Waals surface area contributed by atoms with Gasteiger partial charge in [0.15, 0.2) is 17.4 Å². The molecule has 26 heavy (non-hydrogen) atoms. The Kier molecular flexibility index (Phi) is 3.88. The molecule has 6 atom stereocenters. The SMILES string of the molecule is Nc1nc2c(nc([NH+]([O-])O)n2[C@@H]2O[C@@H]3COP(=O)(O)O[C@H]3[C@H]2O)c(=O)[nH]1. The molecule has 2 aliphatic rings. The second-order valence-electron chi connectivity index (χ2n) is 5.62. The molecule has 0 saturated carbocycles. The number of aliphatic hydroxyl groups excluding tert-OH is 1. The van der Waals surface area contributed by atoms with E-state index in [4.69, 9.17) is 15.0 Å². The van der Waals surface area contributed by atoms with Crippen molar-refractivity contribution in [2.24, 2.45) is 0 Å². The van der Waals surface area contributed by atoms with Crippen LogP contribution in [-0.4, -0.2) is 59.6 Å². The predicted molar refractivity (Wildman–Crippen MR) is 78.9 cm³/mol. The molecule has 2 aliphatic heterocycles. The number of nitrogen functional groups attached to an aromatic ring is 1. The molecule has 2 unspecified atom stereocenters. The molecule has 0 radical (unpaired) electrons.